The molecule has 0 heterocycles. The Morgan fingerprint density at radius 3 is 2.71 bits per heavy atom. The van der Waals surface area contributed by atoms with Gasteiger partial charge in [-0.15, -0.1) is 0 Å². The molecule has 1 atom stereocenters. The van der Waals surface area contributed by atoms with Crippen molar-refractivity contribution in [3.05, 3.63) is 24.3 Å². The molecule has 0 N–H and O–H groups in total. The molecule has 0 bridgehead atoms. The van der Waals surface area contributed by atoms with Crippen LogP contribution < -0.4 is 4.74 Å². The molecule has 0 aliphatic heterocycles. The fraction of sp³-hybridized carbons (Fsp3) is 0.417. The summed E-state index contributed by atoms with van der Waals surface area (Å²) in [4.78, 5) is 11.4. The molecule has 17 heavy (non-hydrogen) atoms. The third-order valence-electron chi connectivity index (χ3n) is 3.01. The average Bonchev–Trinajstić information content (AvgIpc) is 2.76. The second-order valence-electron chi connectivity index (χ2n) is 4.13. The molecule has 0 radical (unpaired) electrons. The molecule has 1 aliphatic carbocycles. The summed E-state index contributed by atoms with van der Waals surface area (Å²) < 4.78 is 29.5. The zero-order valence-electron chi connectivity index (χ0n) is 9.55. The van der Waals surface area contributed by atoms with Crippen LogP contribution in [0.25, 0.3) is 0 Å². The standard InChI is InChI=1S/C12H14O4S/c1-16-10-3-2-4-11(8-10)17(14,15)12-6-5-9(13)7-12/h2-4,8,12H,5-7H2,1H3. The number of ketones is 1. The van der Waals surface area contributed by atoms with Crippen molar-refractivity contribution in [1.82, 2.24) is 0 Å². The molecule has 92 valence electrons. The van der Waals surface area contributed by atoms with Crippen LogP contribution in [0.2, 0.25) is 0 Å². The second-order valence-corrected chi connectivity index (χ2v) is 6.36. The average molecular weight is 254 g/mol. The zero-order chi connectivity index (χ0) is 12.5. The van der Waals surface area contributed by atoms with E-state index in [0.29, 0.717) is 18.6 Å². The lowest BCUT2D eigenvalue weighted by Gasteiger charge is -2.11. The highest BCUT2D eigenvalue weighted by atomic mass is 32.2. The fourth-order valence-corrected chi connectivity index (χ4v) is 3.78. The van der Waals surface area contributed by atoms with E-state index in [-0.39, 0.29) is 17.1 Å². The lowest BCUT2D eigenvalue weighted by molar-refractivity contribution is -0.117. The van der Waals surface area contributed by atoms with Crippen molar-refractivity contribution in [3.8, 4) is 5.75 Å². The Bertz CT molecular complexity index is 533. The van der Waals surface area contributed by atoms with E-state index in [4.69, 9.17) is 4.74 Å². The van der Waals surface area contributed by atoms with Gasteiger partial charge < -0.3 is 4.74 Å². The van der Waals surface area contributed by atoms with E-state index >= 15 is 0 Å². The van der Waals surface area contributed by atoms with Crippen molar-refractivity contribution < 1.29 is 17.9 Å². The number of carbonyl (C=O) groups excluding carboxylic acids is 1. The van der Waals surface area contributed by atoms with E-state index < -0.39 is 15.1 Å². The number of ether oxygens (including phenoxy) is 1. The molecule has 1 aromatic carbocycles. The summed E-state index contributed by atoms with van der Waals surface area (Å²) in [5.74, 6) is 0.539. The lowest BCUT2D eigenvalue weighted by atomic mass is 10.3. The molecule has 1 fully saturated rings. The minimum atomic E-state index is -3.41. The van der Waals surface area contributed by atoms with Gasteiger partial charge in [0.25, 0.3) is 0 Å². The smallest absolute Gasteiger partial charge is 0.181 e. The lowest BCUT2D eigenvalue weighted by Crippen LogP contribution is -2.18. The minimum Gasteiger partial charge on any atom is -0.497 e. The molecule has 1 unspecified atom stereocenters. The van der Waals surface area contributed by atoms with Crippen molar-refractivity contribution in [2.24, 2.45) is 0 Å². The van der Waals surface area contributed by atoms with Crippen molar-refractivity contribution in [3.63, 3.8) is 0 Å². The Hall–Kier alpha value is -1.36. The van der Waals surface area contributed by atoms with Crippen molar-refractivity contribution >= 4 is 15.6 Å². The van der Waals surface area contributed by atoms with E-state index in [9.17, 15) is 13.2 Å². The van der Waals surface area contributed by atoms with E-state index in [1.165, 1.54) is 13.2 Å². The fourth-order valence-electron chi connectivity index (χ4n) is 2.02. The highest BCUT2D eigenvalue weighted by Gasteiger charge is 2.34. The van der Waals surface area contributed by atoms with Gasteiger partial charge in [0, 0.05) is 12.8 Å². The van der Waals surface area contributed by atoms with Crippen LogP contribution >= 0.6 is 0 Å². The molecule has 4 nitrogen and oxygen atoms in total. The number of hydrogen-bond acceptors (Lipinski definition) is 4. The molecular formula is C12H14O4S. The highest BCUT2D eigenvalue weighted by Crippen LogP contribution is 2.29. The van der Waals surface area contributed by atoms with Gasteiger partial charge in [-0.2, -0.15) is 0 Å². The van der Waals surface area contributed by atoms with E-state index in [2.05, 4.69) is 0 Å². The molecule has 2 rings (SSSR count). The van der Waals surface area contributed by atoms with Crippen LogP contribution in [-0.2, 0) is 14.6 Å². The normalized spacial score (nSPS) is 20.5. The van der Waals surface area contributed by atoms with Crippen LogP contribution in [0.15, 0.2) is 29.2 Å². The van der Waals surface area contributed by atoms with E-state index in [1.807, 2.05) is 0 Å². The Morgan fingerprint density at radius 1 is 1.35 bits per heavy atom. The number of sulfone groups is 1. The molecular weight excluding hydrogens is 240 g/mol. The summed E-state index contributed by atoms with van der Waals surface area (Å²) in [6, 6.07) is 6.38. The van der Waals surface area contributed by atoms with Crippen molar-refractivity contribution in [2.75, 3.05) is 7.11 Å². The molecule has 5 heteroatoms. The number of Topliss-reactive ketones (excluding diaryl/α,β-unsaturated/α-hetero) is 1. The van der Waals surface area contributed by atoms with Crippen LogP contribution in [0.4, 0.5) is 0 Å². The Kier molecular flexibility index (Phi) is 3.19. The summed E-state index contributed by atoms with van der Waals surface area (Å²) in [6.45, 7) is 0. The topological polar surface area (TPSA) is 60.4 Å². The van der Waals surface area contributed by atoms with Gasteiger partial charge in [-0.3, -0.25) is 4.79 Å². The monoisotopic (exact) mass is 254 g/mol. The van der Waals surface area contributed by atoms with Gasteiger partial charge in [0.2, 0.25) is 0 Å². The van der Waals surface area contributed by atoms with Crippen molar-refractivity contribution in [1.29, 1.82) is 0 Å². The molecule has 1 aromatic rings. The Labute approximate surface area is 101 Å². The summed E-state index contributed by atoms with van der Waals surface area (Å²) >= 11 is 0. The van der Waals surface area contributed by atoms with E-state index in [1.54, 1.807) is 18.2 Å². The summed E-state index contributed by atoms with van der Waals surface area (Å²) in [5, 5.41) is -0.567. The largest absolute Gasteiger partial charge is 0.497 e. The van der Waals surface area contributed by atoms with Gasteiger partial charge >= 0.3 is 0 Å². The van der Waals surface area contributed by atoms with Gasteiger partial charge in [0.1, 0.15) is 11.5 Å². The quantitative estimate of drug-likeness (QED) is 0.821. The van der Waals surface area contributed by atoms with Crippen LogP contribution in [-0.4, -0.2) is 26.6 Å². The maximum absolute atomic E-state index is 12.2. The molecule has 0 amide bonds. The predicted molar refractivity (Wildman–Crippen MR) is 62.8 cm³/mol. The van der Waals surface area contributed by atoms with Gasteiger partial charge in [0.05, 0.1) is 17.3 Å². The first-order chi connectivity index (χ1) is 8.04. The number of rotatable bonds is 3. The van der Waals surface area contributed by atoms with Gasteiger partial charge in [-0.25, -0.2) is 8.42 Å². The molecule has 1 aliphatic rings. The van der Waals surface area contributed by atoms with Crippen molar-refractivity contribution in [2.45, 2.75) is 29.4 Å². The summed E-state index contributed by atoms with van der Waals surface area (Å²) in [7, 11) is -1.91. The van der Waals surface area contributed by atoms with Gasteiger partial charge in [-0.1, -0.05) is 6.07 Å². The third-order valence-corrected chi connectivity index (χ3v) is 5.20. The van der Waals surface area contributed by atoms with Gasteiger partial charge in [0.15, 0.2) is 9.84 Å². The SMILES string of the molecule is COc1cccc(S(=O)(=O)C2CCC(=O)C2)c1. The summed E-state index contributed by atoms with van der Waals surface area (Å²) in [5.41, 5.74) is 0. The number of carbonyl (C=O) groups is 1. The Morgan fingerprint density at radius 2 is 2.12 bits per heavy atom. The van der Waals surface area contributed by atoms with E-state index in [0.717, 1.165) is 0 Å². The maximum Gasteiger partial charge on any atom is 0.181 e. The molecule has 0 spiro atoms. The van der Waals surface area contributed by atoms with Crippen LogP contribution in [0.5, 0.6) is 5.75 Å². The first-order valence-corrected chi connectivity index (χ1v) is 6.98. The number of hydrogen-bond donors (Lipinski definition) is 0. The number of benzene rings is 1. The molecule has 0 aromatic heterocycles. The predicted octanol–water partition coefficient (Wildman–Crippen LogP) is 1.59. The third kappa shape index (κ3) is 2.34. The van der Waals surface area contributed by atoms with Crippen LogP contribution in [0.1, 0.15) is 19.3 Å². The maximum atomic E-state index is 12.2. The zero-order valence-corrected chi connectivity index (χ0v) is 10.4. The summed E-state index contributed by atoms with van der Waals surface area (Å²) in [6.07, 6.45) is 0.936. The second kappa shape index (κ2) is 4.49. The first-order valence-electron chi connectivity index (χ1n) is 5.43. The van der Waals surface area contributed by atoms with Crippen LogP contribution in [0.3, 0.4) is 0 Å². The highest BCUT2D eigenvalue weighted by molar-refractivity contribution is 7.92. The van der Waals surface area contributed by atoms with Crippen LogP contribution in [0, 0.1) is 0 Å². The van der Waals surface area contributed by atoms with Gasteiger partial charge in [-0.05, 0) is 24.6 Å². The Balaban J connectivity index is 2.34. The molecule has 0 saturated heterocycles. The minimum absolute atomic E-state index is 0.0291. The first kappa shape index (κ1) is 12.1. The number of methoxy groups -OCH3 is 1. The molecule has 1 saturated carbocycles.